The van der Waals surface area contributed by atoms with Gasteiger partial charge in [0, 0.05) is 11.8 Å². The number of ether oxygens (including phenoxy) is 1. The van der Waals surface area contributed by atoms with Crippen molar-refractivity contribution in [3.05, 3.63) is 45.1 Å². The summed E-state index contributed by atoms with van der Waals surface area (Å²) in [4.78, 5) is 35.1. The second kappa shape index (κ2) is 7.65. The van der Waals surface area contributed by atoms with Gasteiger partial charge in [-0.15, -0.1) is 0 Å². The number of allylic oxidation sites excluding steroid dienone is 1. The number of nitro groups is 1. The van der Waals surface area contributed by atoms with Crippen LogP contribution in [-0.2, 0) is 9.53 Å². The number of hydrogen-bond donors (Lipinski definition) is 3. The van der Waals surface area contributed by atoms with E-state index >= 15 is 0 Å². The molecule has 1 aromatic rings. The molecule has 27 heavy (non-hydrogen) atoms. The van der Waals surface area contributed by atoms with Crippen LogP contribution in [0.3, 0.4) is 0 Å². The fourth-order valence-electron chi connectivity index (χ4n) is 3.48. The molecule has 3 rings (SSSR count). The molecule has 0 aromatic heterocycles. The van der Waals surface area contributed by atoms with Crippen molar-refractivity contribution in [3.63, 3.8) is 0 Å². The van der Waals surface area contributed by atoms with E-state index in [1.54, 1.807) is 6.92 Å². The van der Waals surface area contributed by atoms with Gasteiger partial charge in [0.1, 0.15) is 6.10 Å². The third kappa shape index (κ3) is 4.02. The number of esters is 1. The lowest BCUT2D eigenvalue weighted by atomic mass is 9.94. The number of phenols is 1. The Labute approximate surface area is 155 Å². The predicted octanol–water partition coefficient (Wildman–Crippen LogP) is 2.80. The molecule has 1 saturated carbocycles. The van der Waals surface area contributed by atoms with E-state index in [9.17, 15) is 24.8 Å². The maximum absolute atomic E-state index is 12.8. The number of carbonyl (C=O) groups excluding carboxylic acids is 2. The molecule has 144 valence electrons. The Hall–Kier alpha value is -3.10. The zero-order valence-corrected chi connectivity index (χ0v) is 14.9. The average molecular weight is 375 g/mol. The Balaban J connectivity index is 1.93. The van der Waals surface area contributed by atoms with E-state index in [1.807, 2.05) is 0 Å². The highest BCUT2D eigenvalue weighted by atomic mass is 16.6. The first-order chi connectivity index (χ1) is 12.9. The van der Waals surface area contributed by atoms with E-state index in [4.69, 9.17) is 4.74 Å². The monoisotopic (exact) mass is 375 g/mol. The maximum atomic E-state index is 12.8. The number of aromatic hydroxyl groups is 1. The van der Waals surface area contributed by atoms with Crippen LogP contribution in [0.2, 0.25) is 0 Å². The predicted molar refractivity (Wildman–Crippen MR) is 94.8 cm³/mol. The van der Waals surface area contributed by atoms with Gasteiger partial charge in [0.05, 0.1) is 16.5 Å². The van der Waals surface area contributed by atoms with Gasteiger partial charge in [0.2, 0.25) is 0 Å². The van der Waals surface area contributed by atoms with Gasteiger partial charge in [-0.05, 0) is 44.2 Å². The van der Waals surface area contributed by atoms with Crippen molar-refractivity contribution in [2.45, 2.75) is 51.2 Å². The molecule has 1 atom stereocenters. The van der Waals surface area contributed by atoms with Crippen LogP contribution in [0.4, 0.5) is 10.5 Å². The highest BCUT2D eigenvalue weighted by molar-refractivity contribution is 5.95. The van der Waals surface area contributed by atoms with Gasteiger partial charge < -0.3 is 20.5 Å². The number of rotatable bonds is 4. The molecule has 3 N–H and O–H groups in total. The Bertz CT molecular complexity index is 813. The van der Waals surface area contributed by atoms with Crippen molar-refractivity contribution in [3.8, 4) is 5.75 Å². The van der Waals surface area contributed by atoms with Crippen LogP contribution in [0.5, 0.6) is 5.75 Å². The summed E-state index contributed by atoms with van der Waals surface area (Å²) in [6, 6.07) is 2.31. The van der Waals surface area contributed by atoms with E-state index in [1.165, 1.54) is 12.1 Å². The van der Waals surface area contributed by atoms with Gasteiger partial charge in [-0.3, -0.25) is 10.1 Å². The first-order valence-corrected chi connectivity index (χ1v) is 8.83. The zero-order chi connectivity index (χ0) is 19.6. The number of carbonyl (C=O) groups is 2. The molecule has 0 radical (unpaired) electrons. The Morgan fingerprint density at radius 1 is 1.30 bits per heavy atom. The van der Waals surface area contributed by atoms with E-state index in [0.29, 0.717) is 11.3 Å². The number of hydrogen-bond acceptors (Lipinski definition) is 6. The van der Waals surface area contributed by atoms with Gasteiger partial charge in [0.15, 0.2) is 5.75 Å². The lowest BCUT2D eigenvalue weighted by Gasteiger charge is -2.30. The number of urea groups is 1. The molecule has 2 amide bonds. The standard InChI is InChI=1S/C18H21N3O6/c1-10-15(17(23)27-12-5-3-2-4-6-12)16(20-18(24)19-10)11-7-8-14(22)13(9-11)21(25)26/h7-9,12,16,22H,2-6H2,1H3,(H2,19,20,24)/t16-/m1/s1. The van der Waals surface area contributed by atoms with E-state index in [0.717, 1.165) is 38.2 Å². The van der Waals surface area contributed by atoms with Crippen LogP contribution in [0.1, 0.15) is 50.6 Å². The average Bonchev–Trinajstić information content (AvgIpc) is 2.62. The summed E-state index contributed by atoms with van der Waals surface area (Å²) in [5, 5.41) is 25.9. The van der Waals surface area contributed by atoms with E-state index in [2.05, 4.69) is 10.6 Å². The van der Waals surface area contributed by atoms with Crippen LogP contribution >= 0.6 is 0 Å². The molecule has 1 aliphatic heterocycles. The van der Waals surface area contributed by atoms with Gasteiger partial charge in [0.25, 0.3) is 0 Å². The number of amides is 2. The Morgan fingerprint density at radius 3 is 2.67 bits per heavy atom. The fraction of sp³-hybridized carbons (Fsp3) is 0.444. The van der Waals surface area contributed by atoms with Crippen LogP contribution < -0.4 is 10.6 Å². The quantitative estimate of drug-likeness (QED) is 0.421. The maximum Gasteiger partial charge on any atom is 0.338 e. The van der Waals surface area contributed by atoms with Crippen molar-refractivity contribution >= 4 is 17.7 Å². The first kappa shape index (κ1) is 18.7. The third-order valence-corrected chi connectivity index (χ3v) is 4.84. The van der Waals surface area contributed by atoms with E-state index < -0.39 is 34.4 Å². The molecule has 1 heterocycles. The van der Waals surface area contributed by atoms with Gasteiger partial charge in [-0.2, -0.15) is 0 Å². The largest absolute Gasteiger partial charge is 0.502 e. The molecule has 2 aliphatic rings. The van der Waals surface area contributed by atoms with Crippen molar-refractivity contribution in [1.82, 2.24) is 10.6 Å². The van der Waals surface area contributed by atoms with Crippen molar-refractivity contribution in [1.29, 1.82) is 0 Å². The summed E-state index contributed by atoms with van der Waals surface area (Å²) >= 11 is 0. The molecule has 9 heteroatoms. The molecule has 9 nitrogen and oxygen atoms in total. The second-order valence-electron chi connectivity index (χ2n) is 6.74. The van der Waals surface area contributed by atoms with Crippen molar-refractivity contribution in [2.24, 2.45) is 0 Å². The second-order valence-corrected chi connectivity index (χ2v) is 6.74. The summed E-state index contributed by atoms with van der Waals surface area (Å²) in [7, 11) is 0. The Kier molecular flexibility index (Phi) is 5.29. The summed E-state index contributed by atoms with van der Waals surface area (Å²) in [6.45, 7) is 1.58. The molecule has 1 aromatic carbocycles. The minimum Gasteiger partial charge on any atom is -0.502 e. The number of nitrogens with zero attached hydrogens (tertiary/aromatic N) is 1. The molecule has 0 spiro atoms. The number of nitrogens with one attached hydrogen (secondary N) is 2. The summed E-state index contributed by atoms with van der Waals surface area (Å²) in [5.74, 6) is -1.05. The summed E-state index contributed by atoms with van der Waals surface area (Å²) in [6.07, 6.45) is 4.55. The minimum absolute atomic E-state index is 0.168. The summed E-state index contributed by atoms with van der Waals surface area (Å²) in [5.41, 5.74) is 0.336. The lowest BCUT2D eigenvalue weighted by molar-refractivity contribution is -0.385. The number of phenolic OH excluding ortho intramolecular Hbond substituents is 1. The van der Waals surface area contributed by atoms with Crippen LogP contribution in [0, 0.1) is 10.1 Å². The third-order valence-electron chi connectivity index (χ3n) is 4.84. The molecule has 0 bridgehead atoms. The van der Waals surface area contributed by atoms with Crippen molar-refractivity contribution in [2.75, 3.05) is 0 Å². The molecule has 0 unspecified atom stereocenters. The molecule has 1 aliphatic carbocycles. The minimum atomic E-state index is -0.908. The highest BCUT2D eigenvalue weighted by Gasteiger charge is 2.34. The van der Waals surface area contributed by atoms with Gasteiger partial charge in [-0.25, -0.2) is 9.59 Å². The highest BCUT2D eigenvalue weighted by Crippen LogP contribution is 2.34. The smallest absolute Gasteiger partial charge is 0.338 e. The van der Waals surface area contributed by atoms with E-state index in [-0.39, 0.29) is 11.7 Å². The van der Waals surface area contributed by atoms with Crippen molar-refractivity contribution < 1.29 is 24.4 Å². The first-order valence-electron chi connectivity index (χ1n) is 8.83. The summed E-state index contributed by atoms with van der Waals surface area (Å²) < 4.78 is 5.62. The molecular weight excluding hydrogens is 354 g/mol. The van der Waals surface area contributed by atoms with Crippen LogP contribution in [0.25, 0.3) is 0 Å². The Morgan fingerprint density at radius 2 is 2.00 bits per heavy atom. The van der Waals surface area contributed by atoms with Crippen LogP contribution in [-0.4, -0.2) is 28.1 Å². The zero-order valence-electron chi connectivity index (χ0n) is 14.9. The van der Waals surface area contributed by atoms with Gasteiger partial charge >= 0.3 is 17.7 Å². The number of benzene rings is 1. The molecular formula is C18H21N3O6. The normalized spacial score (nSPS) is 20.6. The topological polar surface area (TPSA) is 131 Å². The SMILES string of the molecule is CC1=C(C(=O)OC2CCCCC2)[C@@H](c2ccc(O)c([N+](=O)[O-])c2)NC(=O)N1. The number of nitro benzene ring substituents is 1. The molecule has 0 saturated heterocycles. The lowest BCUT2D eigenvalue weighted by Crippen LogP contribution is -2.45. The van der Waals surface area contributed by atoms with Crippen LogP contribution in [0.15, 0.2) is 29.5 Å². The van der Waals surface area contributed by atoms with Gasteiger partial charge in [-0.1, -0.05) is 12.5 Å². The molecule has 1 fully saturated rings. The fourth-order valence-corrected chi connectivity index (χ4v) is 3.48.